The summed E-state index contributed by atoms with van der Waals surface area (Å²) in [5, 5.41) is 2.15. The molecule has 0 aliphatic heterocycles. The molecule has 0 atom stereocenters. The zero-order chi connectivity index (χ0) is 28.6. The van der Waals surface area contributed by atoms with E-state index >= 15 is 8.78 Å². The van der Waals surface area contributed by atoms with Gasteiger partial charge in [0.2, 0.25) is 0 Å². The monoisotopic (exact) mass is 555 g/mol. The smallest absolute Gasteiger partial charge is 0.497 e. The van der Waals surface area contributed by atoms with Gasteiger partial charge in [-0.15, -0.1) is 13.2 Å². The maximum atomic E-state index is 15.1. The van der Waals surface area contributed by atoms with Crippen molar-refractivity contribution in [2.45, 2.75) is 6.36 Å². The van der Waals surface area contributed by atoms with Crippen molar-refractivity contribution in [2.75, 3.05) is 12.4 Å². The van der Waals surface area contributed by atoms with Crippen molar-refractivity contribution in [3.63, 3.8) is 0 Å². The highest BCUT2D eigenvalue weighted by atomic mass is 19.4. The van der Waals surface area contributed by atoms with Crippen LogP contribution >= 0.6 is 0 Å². The Morgan fingerprint density at radius 3 is 1.95 bits per heavy atom. The number of alkyl halides is 3. The van der Waals surface area contributed by atoms with Crippen LogP contribution in [0.15, 0.2) is 59.4 Å². The normalized spacial score (nSPS) is 11.4. The van der Waals surface area contributed by atoms with Gasteiger partial charge in [-0.1, -0.05) is 6.07 Å². The number of rotatable bonds is 6. The summed E-state index contributed by atoms with van der Waals surface area (Å²) in [6, 6.07) is 7.80. The number of ether oxygens (including phenoxy) is 2. The van der Waals surface area contributed by atoms with Crippen molar-refractivity contribution in [2.24, 2.45) is 7.05 Å². The van der Waals surface area contributed by atoms with Crippen molar-refractivity contribution in [1.82, 2.24) is 9.36 Å². The average molecular weight is 555 g/mol. The van der Waals surface area contributed by atoms with E-state index in [0.29, 0.717) is 4.68 Å². The molecule has 3 aromatic carbocycles. The Hall–Kier alpha value is -4.75. The van der Waals surface area contributed by atoms with Crippen LogP contribution in [0.5, 0.6) is 11.5 Å². The van der Waals surface area contributed by atoms with E-state index in [4.69, 9.17) is 4.74 Å². The first-order valence-corrected chi connectivity index (χ1v) is 10.8. The van der Waals surface area contributed by atoms with Crippen LogP contribution in [0.4, 0.5) is 36.4 Å². The molecule has 1 heterocycles. The third kappa shape index (κ3) is 5.30. The number of nitrogens with zero attached hydrogens (tertiary/aromatic N) is 2. The molecule has 0 aliphatic carbocycles. The number of halogens is 7. The molecule has 1 N–H and O–H groups in total. The molecule has 14 heteroatoms. The molecule has 39 heavy (non-hydrogen) atoms. The number of hydrogen-bond acceptors (Lipinski definition) is 4. The molecule has 0 saturated heterocycles. The van der Waals surface area contributed by atoms with Crippen molar-refractivity contribution < 1.29 is 45.0 Å². The number of benzene rings is 3. The van der Waals surface area contributed by atoms with E-state index in [-0.39, 0.29) is 11.3 Å². The Morgan fingerprint density at radius 2 is 1.44 bits per heavy atom. The summed E-state index contributed by atoms with van der Waals surface area (Å²) in [5.41, 5.74) is -4.66. The molecule has 0 saturated carbocycles. The van der Waals surface area contributed by atoms with E-state index in [0.717, 1.165) is 73.4 Å². The van der Waals surface area contributed by atoms with Crippen LogP contribution in [0.2, 0.25) is 0 Å². The van der Waals surface area contributed by atoms with Crippen LogP contribution < -0.4 is 20.3 Å². The van der Waals surface area contributed by atoms with Crippen LogP contribution in [0, 0.1) is 23.3 Å². The zero-order valence-electron chi connectivity index (χ0n) is 19.9. The SMILES string of the molecule is COc1cc(F)c(-c2c(NC(=O)c3ccc(OC(F)(F)F)cc3)c(=O)n(-c3c(F)cccc3F)n2C)c(F)c1. The standard InChI is InChI=1S/C25H16F7N3O4/c1-34-22(19-17(28)10-14(38-2)11-18(19)29)20(24(37)35(34)21-15(26)4-3-5-16(21)27)33-23(36)12-6-8-13(9-7-12)39-25(30,31)32/h3-11H,1-2H3,(H,33,36). The lowest BCUT2D eigenvalue weighted by atomic mass is 10.1. The second-order valence-corrected chi connectivity index (χ2v) is 7.93. The van der Waals surface area contributed by atoms with Gasteiger partial charge in [-0.05, 0) is 36.4 Å². The Labute approximate surface area is 214 Å². The maximum Gasteiger partial charge on any atom is 0.573 e. The third-order valence-electron chi connectivity index (χ3n) is 5.49. The molecule has 7 nitrogen and oxygen atoms in total. The predicted octanol–water partition coefficient (Wildman–Crippen LogP) is 5.56. The molecule has 0 unspecified atom stereocenters. The molecule has 1 amide bonds. The minimum absolute atomic E-state index is 0.218. The number of para-hydroxylation sites is 1. The van der Waals surface area contributed by atoms with Gasteiger partial charge in [-0.3, -0.25) is 14.3 Å². The lowest BCUT2D eigenvalue weighted by molar-refractivity contribution is -0.274. The van der Waals surface area contributed by atoms with E-state index in [9.17, 15) is 31.5 Å². The van der Waals surface area contributed by atoms with Crippen LogP contribution in [0.3, 0.4) is 0 Å². The third-order valence-corrected chi connectivity index (χ3v) is 5.49. The summed E-state index contributed by atoms with van der Waals surface area (Å²) in [6.07, 6.45) is -4.98. The molecule has 1 aromatic heterocycles. The van der Waals surface area contributed by atoms with Gasteiger partial charge in [0, 0.05) is 24.7 Å². The fraction of sp³-hybridized carbons (Fsp3) is 0.120. The van der Waals surface area contributed by atoms with Crippen LogP contribution in [-0.2, 0) is 7.05 Å². The van der Waals surface area contributed by atoms with E-state index in [2.05, 4.69) is 10.1 Å². The first-order valence-electron chi connectivity index (χ1n) is 10.8. The number of nitrogens with one attached hydrogen (secondary N) is 1. The summed E-state index contributed by atoms with van der Waals surface area (Å²) >= 11 is 0. The Morgan fingerprint density at radius 1 is 0.872 bits per heavy atom. The second kappa shape index (κ2) is 10.2. The van der Waals surface area contributed by atoms with Gasteiger partial charge in [-0.2, -0.15) is 0 Å². The highest BCUT2D eigenvalue weighted by Crippen LogP contribution is 2.35. The lowest BCUT2D eigenvalue weighted by Crippen LogP contribution is -2.24. The number of anilines is 1. The minimum Gasteiger partial charge on any atom is -0.497 e. The molecular formula is C25H16F7N3O4. The predicted molar refractivity (Wildman–Crippen MR) is 124 cm³/mol. The van der Waals surface area contributed by atoms with Gasteiger partial charge in [0.1, 0.15) is 40.2 Å². The maximum absolute atomic E-state index is 15.1. The quantitative estimate of drug-likeness (QED) is 0.317. The molecular weight excluding hydrogens is 539 g/mol. The lowest BCUT2D eigenvalue weighted by Gasteiger charge is -2.14. The van der Waals surface area contributed by atoms with E-state index in [1.54, 1.807) is 0 Å². The first-order chi connectivity index (χ1) is 18.3. The second-order valence-electron chi connectivity index (χ2n) is 7.93. The van der Waals surface area contributed by atoms with Gasteiger partial charge in [-0.25, -0.2) is 22.2 Å². The number of methoxy groups -OCH3 is 1. The zero-order valence-corrected chi connectivity index (χ0v) is 19.9. The number of carbonyl (C=O) groups excluding carboxylic acids is 1. The van der Waals surface area contributed by atoms with Crippen molar-refractivity contribution >= 4 is 11.6 Å². The molecule has 0 fully saturated rings. The topological polar surface area (TPSA) is 74.5 Å². The van der Waals surface area contributed by atoms with E-state index in [1.807, 2.05) is 0 Å². The largest absolute Gasteiger partial charge is 0.573 e. The highest BCUT2D eigenvalue weighted by molar-refractivity contribution is 6.06. The summed E-state index contributed by atoms with van der Waals surface area (Å²) in [7, 11) is 2.22. The first kappa shape index (κ1) is 27.3. The van der Waals surface area contributed by atoms with Gasteiger partial charge < -0.3 is 14.8 Å². The summed E-state index contributed by atoms with van der Waals surface area (Å²) < 4.78 is 106. The van der Waals surface area contributed by atoms with E-state index < -0.39 is 69.5 Å². The van der Waals surface area contributed by atoms with Gasteiger partial charge >= 0.3 is 6.36 Å². The van der Waals surface area contributed by atoms with Gasteiger partial charge in [0.25, 0.3) is 11.5 Å². The molecule has 0 spiro atoms. The Balaban J connectivity index is 1.89. The van der Waals surface area contributed by atoms with Crippen LogP contribution in [0.25, 0.3) is 16.9 Å². The molecule has 4 rings (SSSR count). The molecule has 4 aromatic rings. The Bertz CT molecular complexity index is 1580. The summed E-state index contributed by atoms with van der Waals surface area (Å²) in [5.74, 6) is -6.82. The Kier molecular flexibility index (Phi) is 7.13. The average Bonchev–Trinajstić information content (AvgIpc) is 3.07. The summed E-state index contributed by atoms with van der Waals surface area (Å²) in [6.45, 7) is 0. The van der Waals surface area contributed by atoms with Crippen molar-refractivity contribution in [3.8, 4) is 28.4 Å². The van der Waals surface area contributed by atoms with Gasteiger partial charge in [0.05, 0.1) is 12.7 Å². The van der Waals surface area contributed by atoms with E-state index in [1.165, 1.54) is 0 Å². The van der Waals surface area contributed by atoms with Gasteiger partial charge in [0.15, 0.2) is 11.6 Å². The van der Waals surface area contributed by atoms with Crippen LogP contribution in [-0.4, -0.2) is 28.7 Å². The fourth-order valence-corrected chi connectivity index (χ4v) is 3.84. The number of aromatic nitrogens is 2. The number of hydrogen-bond donors (Lipinski definition) is 1. The number of amides is 1. The minimum atomic E-state index is -4.98. The highest BCUT2D eigenvalue weighted by Gasteiger charge is 2.32. The molecule has 0 radical (unpaired) electrons. The summed E-state index contributed by atoms with van der Waals surface area (Å²) in [4.78, 5) is 26.3. The van der Waals surface area contributed by atoms with Crippen LogP contribution in [0.1, 0.15) is 10.4 Å². The number of carbonyl (C=O) groups is 1. The molecule has 0 aliphatic rings. The fourth-order valence-electron chi connectivity index (χ4n) is 3.84. The van der Waals surface area contributed by atoms with Crippen molar-refractivity contribution in [3.05, 3.63) is 93.8 Å². The van der Waals surface area contributed by atoms with Crippen molar-refractivity contribution in [1.29, 1.82) is 0 Å². The molecule has 0 bridgehead atoms. The molecule has 204 valence electrons.